The number of anilines is 4. The van der Waals surface area contributed by atoms with Gasteiger partial charge in [-0.25, -0.2) is 19.3 Å². The van der Waals surface area contributed by atoms with Crippen LogP contribution in [0.4, 0.5) is 33.2 Å². The van der Waals surface area contributed by atoms with Gasteiger partial charge < -0.3 is 10.6 Å². The molecule has 0 amide bonds. The third-order valence-electron chi connectivity index (χ3n) is 3.16. The van der Waals surface area contributed by atoms with Gasteiger partial charge in [0.2, 0.25) is 11.6 Å². The van der Waals surface area contributed by atoms with Crippen molar-refractivity contribution in [3.8, 4) is 0 Å². The Morgan fingerprint density at radius 2 is 1.77 bits per heavy atom. The molecule has 0 bridgehead atoms. The number of benzene rings is 1. The van der Waals surface area contributed by atoms with Gasteiger partial charge in [0.05, 0.1) is 15.0 Å². The number of nitrogens with zero attached hydrogens (tertiary/aromatic N) is 4. The fourth-order valence-electron chi connectivity index (χ4n) is 2.02. The predicted molar refractivity (Wildman–Crippen MR) is 95.9 cm³/mol. The Kier molecular flexibility index (Phi) is 5.10. The molecule has 0 aliphatic rings. The zero-order chi connectivity index (χ0) is 18.7. The Morgan fingerprint density at radius 3 is 2.38 bits per heavy atom. The van der Waals surface area contributed by atoms with Gasteiger partial charge in [-0.15, -0.1) is 0 Å². The number of nitro groups is 1. The Labute approximate surface area is 156 Å². The minimum absolute atomic E-state index is 0.0736. The molecule has 0 unspecified atom stereocenters. The van der Waals surface area contributed by atoms with Gasteiger partial charge in [-0.1, -0.05) is 23.2 Å². The van der Waals surface area contributed by atoms with E-state index < -0.39 is 16.4 Å². The Morgan fingerprint density at radius 1 is 1.04 bits per heavy atom. The maximum atomic E-state index is 13.3. The molecule has 3 rings (SSSR count). The Balaban J connectivity index is 1.96. The lowest BCUT2D eigenvalue weighted by Crippen LogP contribution is -2.06. The number of rotatable bonds is 5. The van der Waals surface area contributed by atoms with E-state index in [-0.39, 0.29) is 16.7 Å². The van der Waals surface area contributed by atoms with Crippen molar-refractivity contribution in [2.45, 2.75) is 0 Å². The van der Waals surface area contributed by atoms with Crippen molar-refractivity contribution in [2.24, 2.45) is 0 Å². The highest BCUT2D eigenvalue weighted by Crippen LogP contribution is 2.33. The molecule has 11 heteroatoms. The second-order valence-corrected chi connectivity index (χ2v) is 5.76. The first-order valence-electron chi connectivity index (χ1n) is 7.04. The average molecular weight is 395 g/mol. The van der Waals surface area contributed by atoms with Gasteiger partial charge in [0.1, 0.15) is 18.0 Å². The van der Waals surface area contributed by atoms with Crippen LogP contribution < -0.4 is 10.6 Å². The van der Waals surface area contributed by atoms with Crippen LogP contribution in [-0.4, -0.2) is 19.9 Å². The molecule has 0 fully saturated rings. The minimum atomic E-state index is -0.647. The highest BCUT2D eigenvalue weighted by atomic mass is 35.5. The Hall–Kier alpha value is -3.04. The fraction of sp³-hybridized carbons (Fsp3) is 0. The normalized spacial score (nSPS) is 10.4. The second-order valence-electron chi connectivity index (χ2n) is 4.92. The molecular formula is C15H9Cl2FN6O2. The minimum Gasteiger partial charge on any atom is -0.334 e. The predicted octanol–water partition coefficient (Wildman–Crippen LogP) is 4.71. The lowest BCUT2D eigenvalue weighted by Gasteiger charge is -2.10. The van der Waals surface area contributed by atoms with Gasteiger partial charge in [0.15, 0.2) is 0 Å². The van der Waals surface area contributed by atoms with Crippen molar-refractivity contribution in [1.29, 1.82) is 0 Å². The summed E-state index contributed by atoms with van der Waals surface area (Å²) < 4.78 is 13.3. The molecule has 26 heavy (non-hydrogen) atoms. The SMILES string of the molecule is O=[N+]([O-])c1c(Nc2ccc(F)c(Cl)c2)ncnc1Nc1ccc(Cl)cn1. The molecule has 0 aliphatic carbocycles. The summed E-state index contributed by atoms with van der Waals surface area (Å²) in [5, 5.41) is 17.3. The van der Waals surface area contributed by atoms with Gasteiger partial charge in [0.25, 0.3) is 0 Å². The number of halogens is 3. The standard InChI is InChI=1S/C15H9Cl2FN6O2/c16-8-1-4-12(19-6-8)23-15-13(24(25)26)14(20-7-21-15)22-9-2-3-11(18)10(17)5-9/h1-7H,(H2,19,20,21,22,23). The summed E-state index contributed by atoms with van der Waals surface area (Å²) in [5.41, 5.74) is -0.0848. The molecule has 3 aromatic rings. The highest BCUT2D eigenvalue weighted by molar-refractivity contribution is 6.31. The van der Waals surface area contributed by atoms with Crippen LogP contribution >= 0.6 is 23.2 Å². The van der Waals surface area contributed by atoms with Crippen molar-refractivity contribution in [2.75, 3.05) is 10.6 Å². The molecule has 0 atom stereocenters. The number of hydrogen-bond donors (Lipinski definition) is 2. The van der Waals surface area contributed by atoms with E-state index in [0.717, 1.165) is 12.4 Å². The Bertz CT molecular complexity index is 971. The highest BCUT2D eigenvalue weighted by Gasteiger charge is 2.23. The van der Waals surface area contributed by atoms with Gasteiger partial charge >= 0.3 is 5.69 Å². The summed E-state index contributed by atoms with van der Waals surface area (Å²) in [6, 6.07) is 6.91. The molecule has 0 spiro atoms. The van der Waals surface area contributed by atoms with Crippen LogP contribution in [0.3, 0.4) is 0 Å². The summed E-state index contributed by atoms with van der Waals surface area (Å²) >= 11 is 11.5. The molecular weight excluding hydrogens is 386 g/mol. The van der Waals surface area contributed by atoms with Crippen molar-refractivity contribution in [3.05, 3.63) is 68.8 Å². The first kappa shape index (κ1) is 17.8. The lowest BCUT2D eigenvalue weighted by atomic mass is 10.3. The van der Waals surface area contributed by atoms with Crippen LogP contribution in [0.1, 0.15) is 0 Å². The van der Waals surface area contributed by atoms with Gasteiger partial charge in [0, 0.05) is 11.9 Å². The zero-order valence-electron chi connectivity index (χ0n) is 12.8. The summed E-state index contributed by atoms with van der Waals surface area (Å²) in [6.45, 7) is 0. The molecule has 132 valence electrons. The molecule has 2 aromatic heterocycles. The molecule has 1 aromatic carbocycles. The smallest absolute Gasteiger partial charge is 0.334 e. The topological polar surface area (TPSA) is 106 Å². The largest absolute Gasteiger partial charge is 0.353 e. The molecule has 0 saturated carbocycles. The van der Waals surface area contributed by atoms with Crippen molar-refractivity contribution in [3.63, 3.8) is 0 Å². The summed E-state index contributed by atoms with van der Waals surface area (Å²) in [6.07, 6.45) is 2.52. The average Bonchev–Trinajstić information content (AvgIpc) is 2.60. The summed E-state index contributed by atoms with van der Waals surface area (Å²) in [5.74, 6) is -0.461. The van der Waals surface area contributed by atoms with E-state index in [0.29, 0.717) is 16.5 Å². The third kappa shape index (κ3) is 3.95. The molecule has 2 heterocycles. The van der Waals surface area contributed by atoms with Crippen molar-refractivity contribution >= 4 is 52.0 Å². The lowest BCUT2D eigenvalue weighted by molar-refractivity contribution is -0.383. The van der Waals surface area contributed by atoms with Crippen LogP contribution in [0.15, 0.2) is 42.9 Å². The van der Waals surface area contributed by atoms with Crippen LogP contribution in [0, 0.1) is 15.9 Å². The fourth-order valence-corrected chi connectivity index (χ4v) is 2.31. The van der Waals surface area contributed by atoms with Crippen LogP contribution in [-0.2, 0) is 0 Å². The second kappa shape index (κ2) is 7.46. The van der Waals surface area contributed by atoms with Crippen LogP contribution in [0.2, 0.25) is 10.0 Å². The number of aromatic nitrogens is 3. The number of pyridine rings is 1. The maximum absolute atomic E-state index is 13.3. The van der Waals surface area contributed by atoms with Gasteiger partial charge in [-0.3, -0.25) is 10.1 Å². The monoisotopic (exact) mass is 394 g/mol. The van der Waals surface area contributed by atoms with E-state index in [1.165, 1.54) is 18.3 Å². The first-order chi connectivity index (χ1) is 12.4. The maximum Gasteiger partial charge on any atom is 0.353 e. The molecule has 0 saturated heterocycles. The molecule has 0 radical (unpaired) electrons. The summed E-state index contributed by atoms with van der Waals surface area (Å²) in [7, 11) is 0. The van der Waals surface area contributed by atoms with E-state index in [9.17, 15) is 14.5 Å². The molecule has 0 aliphatic heterocycles. The van der Waals surface area contributed by atoms with E-state index in [4.69, 9.17) is 23.2 Å². The third-order valence-corrected chi connectivity index (χ3v) is 3.67. The molecule has 2 N–H and O–H groups in total. The number of hydrogen-bond acceptors (Lipinski definition) is 7. The van der Waals surface area contributed by atoms with E-state index in [1.807, 2.05) is 0 Å². The van der Waals surface area contributed by atoms with E-state index in [2.05, 4.69) is 25.6 Å². The zero-order valence-corrected chi connectivity index (χ0v) is 14.3. The van der Waals surface area contributed by atoms with Gasteiger partial charge in [-0.05, 0) is 30.3 Å². The summed E-state index contributed by atoms with van der Waals surface area (Å²) in [4.78, 5) is 22.6. The van der Waals surface area contributed by atoms with E-state index in [1.54, 1.807) is 12.1 Å². The van der Waals surface area contributed by atoms with Crippen molar-refractivity contribution in [1.82, 2.24) is 15.0 Å². The number of nitrogens with one attached hydrogen (secondary N) is 2. The van der Waals surface area contributed by atoms with Crippen molar-refractivity contribution < 1.29 is 9.31 Å². The van der Waals surface area contributed by atoms with E-state index >= 15 is 0 Å². The first-order valence-corrected chi connectivity index (χ1v) is 7.79. The quantitative estimate of drug-likeness (QED) is 0.476. The van der Waals surface area contributed by atoms with Crippen LogP contribution in [0.25, 0.3) is 0 Å². The van der Waals surface area contributed by atoms with Crippen LogP contribution in [0.5, 0.6) is 0 Å². The molecule has 8 nitrogen and oxygen atoms in total. The van der Waals surface area contributed by atoms with Gasteiger partial charge in [-0.2, -0.15) is 0 Å².